The highest BCUT2D eigenvalue weighted by Gasteiger charge is 2.15. The zero-order valence-corrected chi connectivity index (χ0v) is 17.0. The number of carbonyl (C=O) groups excluding carboxylic acids is 1. The molecule has 0 spiro atoms. The van der Waals surface area contributed by atoms with Crippen LogP contribution in [0.1, 0.15) is 13.8 Å². The molecule has 0 fully saturated rings. The van der Waals surface area contributed by atoms with Crippen molar-refractivity contribution >= 4 is 34.3 Å². The first-order valence-electron chi connectivity index (χ1n) is 9.05. The Hall–Kier alpha value is -2.80. The summed E-state index contributed by atoms with van der Waals surface area (Å²) in [5.74, 6) is 0.831. The second kappa shape index (κ2) is 8.93. The molecule has 3 aromatic rings. The number of amides is 1. The lowest BCUT2D eigenvalue weighted by atomic mass is 10.2. The van der Waals surface area contributed by atoms with Crippen LogP contribution in [0.15, 0.2) is 58.5 Å². The van der Waals surface area contributed by atoms with E-state index in [0.29, 0.717) is 34.0 Å². The molecule has 3 rings (SSSR count). The summed E-state index contributed by atoms with van der Waals surface area (Å²) in [7, 11) is 1.56. The molecule has 0 bridgehead atoms. The van der Waals surface area contributed by atoms with Gasteiger partial charge in [-0.3, -0.25) is 14.2 Å². The average Bonchev–Trinajstić information content (AvgIpc) is 2.69. The Morgan fingerprint density at radius 3 is 2.64 bits per heavy atom. The number of nitrogens with one attached hydrogen (secondary N) is 1. The minimum Gasteiger partial charge on any atom is -0.495 e. The number of benzene rings is 2. The maximum absolute atomic E-state index is 12.9. The third-order valence-electron chi connectivity index (χ3n) is 4.09. The fraction of sp³-hybridized carbons (Fsp3) is 0.286. The molecule has 0 saturated heterocycles. The third kappa shape index (κ3) is 4.54. The Morgan fingerprint density at radius 1 is 1.18 bits per heavy atom. The summed E-state index contributed by atoms with van der Waals surface area (Å²) in [6.45, 7) is 4.64. The van der Waals surface area contributed by atoms with E-state index in [1.165, 1.54) is 11.8 Å². The van der Waals surface area contributed by atoms with Crippen LogP contribution in [0.4, 0.5) is 5.69 Å². The molecule has 146 valence electrons. The molecule has 6 nitrogen and oxygen atoms in total. The van der Waals surface area contributed by atoms with Crippen molar-refractivity contribution in [2.45, 2.75) is 25.5 Å². The topological polar surface area (TPSA) is 73.2 Å². The van der Waals surface area contributed by atoms with Crippen LogP contribution in [-0.4, -0.2) is 28.3 Å². The molecule has 0 saturated carbocycles. The number of fused-ring (bicyclic) bond motifs is 1. The smallest absolute Gasteiger partial charge is 0.262 e. The molecule has 0 unspecified atom stereocenters. The van der Waals surface area contributed by atoms with E-state index in [-0.39, 0.29) is 23.1 Å². The standard InChI is InChI=1S/C21H23N3O3S/c1-14(2)12-24-20(26)15-8-4-5-9-16(15)23-21(24)28-13-19(25)22-17-10-6-7-11-18(17)27-3/h4-11,14H,12-13H2,1-3H3,(H,22,25). The molecule has 7 heteroatoms. The second-order valence-corrected chi connectivity index (χ2v) is 7.70. The van der Waals surface area contributed by atoms with Crippen molar-refractivity contribution in [2.24, 2.45) is 5.92 Å². The number of anilines is 1. The monoisotopic (exact) mass is 397 g/mol. The van der Waals surface area contributed by atoms with Crippen LogP contribution < -0.4 is 15.6 Å². The number of hydrogen-bond donors (Lipinski definition) is 1. The highest BCUT2D eigenvalue weighted by molar-refractivity contribution is 7.99. The quantitative estimate of drug-likeness (QED) is 0.485. The predicted octanol–water partition coefficient (Wildman–Crippen LogP) is 3.79. The van der Waals surface area contributed by atoms with Crippen LogP contribution in [0.5, 0.6) is 5.75 Å². The second-order valence-electron chi connectivity index (χ2n) is 6.76. The lowest BCUT2D eigenvalue weighted by Gasteiger charge is -2.15. The first-order chi connectivity index (χ1) is 13.5. The van der Waals surface area contributed by atoms with E-state index in [1.807, 2.05) is 44.2 Å². The fourth-order valence-electron chi connectivity index (χ4n) is 2.85. The summed E-state index contributed by atoms with van der Waals surface area (Å²) in [6, 6.07) is 14.5. The highest BCUT2D eigenvalue weighted by atomic mass is 32.2. The first kappa shape index (κ1) is 19.9. The lowest BCUT2D eigenvalue weighted by Crippen LogP contribution is -2.26. The SMILES string of the molecule is COc1ccccc1NC(=O)CSc1nc2ccccc2c(=O)n1CC(C)C. The fourth-order valence-corrected chi connectivity index (χ4v) is 3.66. The van der Waals surface area contributed by atoms with E-state index < -0.39 is 0 Å². The van der Waals surface area contributed by atoms with Crippen molar-refractivity contribution < 1.29 is 9.53 Å². The number of aromatic nitrogens is 2. The van der Waals surface area contributed by atoms with Gasteiger partial charge in [0, 0.05) is 6.54 Å². The van der Waals surface area contributed by atoms with Gasteiger partial charge in [-0.1, -0.05) is 49.9 Å². The van der Waals surface area contributed by atoms with Gasteiger partial charge in [-0.25, -0.2) is 4.98 Å². The Labute approximate surface area is 167 Å². The molecule has 1 heterocycles. The van der Waals surface area contributed by atoms with Crippen molar-refractivity contribution in [1.82, 2.24) is 9.55 Å². The first-order valence-corrected chi connectivity index (χ1v) is 10.0. The number of methoxy groups -OCH3 is 1. The highest BCUT2D eigenvalue weighted by Crippen LogP contribution is 2.24. The minimum absolute atomic E-state index is 0.0769. The Bertz CT molecular complexity index is 1050. The van der Waals surface area contributed by atoms with Gasteiger partial charge in [0.05, 0.1) is 29.5 Å². The molecule has 2 aromatic carbocycles. The van der Waals surface area contributed by atoms with Crippen molar-refractivity contribution in [3.63, 3.8) is 0 Å². The molecule has 28 heavy (non-hydrogen) atoms. The van der Waals surface area contributed by atoms with Gasteiger partial charge >= 0.3 is 0 Å². The Morgan fingerprint density at radius 2 is 1.89 bits per heavy atom. The van der Waals surface area contributed by atoms with E-state index >= 15 is 0 Å². The predicted molar refractivity (Wildman–Crippen MR) is 113 cm³/mol. The van der Waals surface area contributed by atoms with E-state index in [9.17, 15) is 9.59 Å². The normalized spacial score (nSPS) is 11.0. The number of thioether (sulfide) groups is 1. The van der Waals surface area contributed by atoms with Gasteiger partial charge in [-0.2, -0.15) is 0 Å². The van der Waals surface area contributed by atoms with Crippen molar-refractivity contribution in [3.8, 4) is 5.75 Å². The summed E-state index contributed by atoms with van der Waals surface area (Å²) in [4.78, 5) is 30.0. The van der Waals surface area contributed by atoms with Crippen LogP contribution in [0.25, 0.3) is 10.9 Å². The van der Waals surface area contributed by atoms with Gasteiger partial charge in [0.1, 0.15) is 5.75 Å². The molecular weight excluding hydrogens is 374 g/mol. The summed E-state index contributed by atoms with van der Waals surface area (Å²) in [5.41, 5.74) is 1.17. The summed E-state index contributed by atoms with van der Waals surface area (Å²) in [5, 5.41) is 3.98. The molecule has 0 aliphatic rings. The Balaban J connectivity index is 1.83. The number of ether oxygens (including phenoxy) is 1. The number of hydrogen-bond acceptors (Lipinski definition) is 5. The van der Waals surface area contributed by atoms with Crippen molar-refractivity contribution in [1.29, 1.82) is 0 Å². The minimum atomic E-state index is -0.187. The van der Waals surface area contributed by atoms with Gasteiger partial charge in [0.2, 0.25) is 5.91 Å². The number of rotatable bonds is 7. The molecule has 1 N–H and O–H groups in total. The van der Waals surface area contributed by atoms with Crippen LogP contribution in [0, 0.1) is 5.92 Å². The number of carbonyl (C=O) groups is 1. The molecular formula is C21H23N3O3S. The van der Waals surface area contributed by atoms with Crippen molar-refractivity contribution in [3.05, 3.63) is 58.9 Å². The van der Waals surface area contributed by atoms with E-state index in [1.54, 1.807) is 29.9 Å². The summed E-state index contributed by atoms with van der Waals surface area (Å²) < 4.78 is 6.92. The molecule has 0 aliphatic heterocycles. The van der Waals surface area contributed by atoms with E-state index in [2.05, 4.69) is 10.3 Å². The number of nitrogens with zero attached hydrogens (tertiary/aromatic N) is 2. The van der Waals surface area contributed by atoms with Gasteiger partial charge in [0.25, 0.3) is 5.56 Å². The third-order valence-corrected chi connectivity index (χ3v) is 5.06. The Kier molecular flexibility index (Phi) is 6.36. The van der Waals surface area contributed by atoms with Gasteiger partial charge in [-0.15, -0.1) is 0 Å². The molecule has 0 radical (unpaired) electrons. The molecule has 1 aromatic heterocycles. The van der Waals surface area contributed by atoms with Crippen LogP contribution in [0.2, 0.25) is 0 Å². The largest absolute Gasteiger partial charge is 0.495 e. The van der Waals surface area contributed by atoms with E-state index in [4.69, 9.17) is 4.74 Å². The lowest BCUT2D eigenvalue weighted by molar-refractivity contribution is -0.113. The maximum Gasteiger partial charge on any atom is 0.262 e. The molecule has 0 atom stereocenters. The van der Waals surface area contributed by atoms with Gasteiger partial charge in [0.15, 0.2) is 5.16 Å². The van der Waals surface area contributed by atoms with Gasteiger partial charge in [-0.05, 0) is 30.2 Å². The van der Waals surface area contributed by atoms with Crippen LogP contribution in [0.3, 0.4) is 0 Å². The van der Waals surface area contributed by atoms with Crippen LogP contribution >= 0.6 is 11.8 Å². The molecule has 0 aliphatic carbocycles. The van der Waals surface area contributed by atoms with E-state index in [0.717, 1.165) is 0 Å². The van der Waals surface area contributed by atoms with Gasteiger partial charge < -0.3 is 10.1 Å². The zero-order valence-electron chi connectivity index (χ0n) is 16.1. The summed E-state index contributed by atoms with van der Waals surface area (Å²) >= 11 is 1.26. The molecule has 1 amide bonds. The van der Waals surface area contributed by atoms with Crippen LogP contribution in [-0.2, 0) is 11.3 Å². The summed E-state index contributed by atoms with van der Waals surface area (Å²) in [6.07, 6.45) is 0. The number of para-hydroxylation sites is 3. The maximum atomic E-state index is 12.9. The average molecular weight is 398 g/mol. The van der Waals surface area contributed by atoms with Crippen molar-refractivity contribution in [2.75, 3.05) is 18.2 Å². The zero-order chi connectivity index (χ0) is 20.1.